The minimum Gasteiger partial charge on any atom is -0.445 e. The first-order valence-corrected chi connectivity index (χ1v) is 7.41. The number of hydrogen-bond donors (Lipinski definition) is 0. The molecule has 1 amide bonds. The molecule has 0 saturated carbocycles. The number of ether oxygens (including phenoxy) is 1. The lowest BCUT2D eigenvalue weighted by atomic mass is 10.1. The molecule has 0 fully saturated rings. The highest BCUT2D eigenvalue weighted by Crippen LogP contribution is 2.33. The Hall–Kier alpha value is -3.82. The van der Waals surface area contributed by atoms with Gasteiger partial charge in [-0.3, -0.25) is 25.0 Å². The van der Waals surface area contributed by atoms with Crippen LogP contribution in [-0.4, -0.2) is 26.7 Å². The number of nitro groups is 2. The van der Waals surface area contributed by atoms with Crippen LogP contribution in [0.15, 0.2) is 53.6 Å². The molecular weight excluding hydrogens is 344 g/mol. The number of hydrogen-bond acceptors (Lipinski definition) is 7. The van der Waals surface area contributed by atoms with Gasteiger partial charge in [0.25, 0.3) is 11.4 Å². The van der Waals surface area contributed by atoms with E-state index in [2.05, 4.69) is 5.10 Å². The van der Waals surface area contributed by atoms with E-state index >= 15 is 0 Å². The summed E-state index contributed by atoms with van der Waals surface area (Å²) in [5, 5.41) is 27.2. The van der Waals surface area contributed by atoms with Crippen molar-refractivity contribution in [2.75, 3.05) is 0 Å². The molecule has 0 aliphatic carbocycles. The van der Waals surface area contributed by atoms with Crippen LogP contribution in [0, 0.1) is 20.2 Å². The number of para-hydroxylation sites is 1. The Bertz CT molecular complexity index is 942. The van der Waals surface area contributed by atoms with E-state index in [1.54, 1.807) is 12.1 Å². The zero-order chi connectivity index (χ0) is 18.8. The zero-order valence-corrected chi connectivity index (χ0v) is 13.4. The highest BCUT2D eigenvalue weighted by Gasteiger charge is 2.36. The average molecular weight is 356 g/mol. The third-order valence-electron chi connectivity index (χ3n) is 3.66. The van der Waals surface area contributed by atoms with Crippen LogP contribution in [0.5, 0.6) is 0 Å². The predicted molar refractivity (Wildman–Crippen MR) is 89.1 cm³/mol. The van der Waals surface area contributed by atoms with Gasteiger partial charge in [-0.25, -0.2) is 0 Å². The van der Waals surface area contributed by atoms with Crippen LogP contribution in [0.25, 0.3) is 0 Å². The van der Waals surface area contributed by atoms with E-state index in [0.717, 1.165) is 5.01 Å². The molecule has 10 nitrogen and oxygen atoms in total. The summed E-state index contributed by atoms with van der Waals surface area (Å²) in [6.07, 6.45) is -1.05. The molecule has 10 heteroatoms. The van der Waals surface area contributed by atoms with E-state index in [1.807, 2.05) is 0 Å². The fraction of sp³-hybridized carbons (Fsp3) is 0.125. The van der Waals surface area contributed by atoms with Crippen LogP contribution in [0.3, 0.4) is 0 Å². The van der Waals surface area contributed by atoms with Gasteiger partial charge in [0.1, 0.15) is 5.56 Å². The van der Waals surface area contributed by atoms with Crippen LogP contribution >= 0.6 is 0 Å². The zero-order valence-electron chi connectivity index (χ0n) is 13.4. The van der Waals surface area contributed by atoms with E-state index in [4.69, 9.17) is 4.74 Å². The van der Waals surface area contributed by atoms with Crippen molar-refractivity contribution >= 4 is 23.2 Å². The second kappa shape index (κ2) is 6.59. The summed E-state index contributed by atoms with van der Waals surface area (Å²) in [4.78, 5) is 32.9. The SMILES string of the molecule is CC(=O)N1N=C(c2ccccc2[N+](=O)[O-])OC1c1cccc([N+](=O)[O-])c1. The molecule has 1 aliphatic rings. The molecule has 2 aromatic rings. The van der Waals surface area contributed by atoms with Crippen molar-refractivity contribution < 1.29 is 19.4 Å². The molecule has 0 radical (unpaired) electrons. The summed E-state index contributed by atoms with van der Waals surface area (Å²) < 4.78 is 5.66. The van der Waals surface area contributed by atoms with Crippen LogP contribution in [0.2, 0.25) is 0 Å². The number of non-ortho nitro benzene ring substituents is 1. The highest BCUT2D eigenvalue weighted by molar-refractivity contribution is 5.99. The van der Waals surface area contributed by atoms with Crippen molar-refractivity contribution in [1.82, 2.24) is 5.01 Å². The average Bonchev–Trinajstić information content (AvgIpc) is 3.07. The first-order chi connectivity index (χ1) is 12.4. The highest BCUT2D eigenvalue weighted by atomic mass is 16.6. The van der Waals surface area contributed by atoms with Gasteiger partial charge in [-0.15, -0.1) is 5.10 Å². The van der Waals surface area contributed by atoms with Crippen molar-refractivity contribution in [3.05, 3.63) is 79.9 Å². The van der Waals surface area contributed by atoms with Crippen molar-refractivity contribution in [2.24, 2.45) is 5.10 Å². The van der Waals surface area contributed by atoms with Gasteiger partial charge in [0.2, 0.25) is 18.0 Å². The van der Waals surface area contributed by atoms with Gasteiger partial charge in [0.15, 0.2) is 0 Å². The Balaban J connectivity index is 2.02. The summed E-state index contributed by atoms with van der Waals surface area (Å²) in [7, 11) is 0. The molecule has 3 rings (SSSR count). The van der Waals surface area contributed by atoms with Crippen LogP contribution in [0.1, 0.15) is 24.3 Å². The fourth-order valence-corrected chi connectivity index (χ4v) is 2.50. The monoisotopic (exact) mass is 356 g/mol. The second-order valence-corrected chi connectivity index (χ2v) is 5.37. The lowest BCUT2D eigenvalue weighted by Gasteiger charge is -2.19. The van der Waals surface area contributed by atoms with E-state index in [0.29, 0.717) is 5.56 Å². The number of nitrogens with zero attached hydrogens (tertiary/aromatic N) is 4. The second-order valence-electron chi connectivity index (χ2n) is 5.37. The topological polar surface area (TPSA) is 128 Å². The van der Waals surface area contributed by atoms with Crippen molar-refractivity contribution in [1.29, 1.82) is 0 Å². The minimum absolute atomic E-state index is 0.107. The van der Waals surface area contributed by atoms with E-state index in [9.17, 15) is 25.0 Å². The van der Waals surface area contributed by atoms with Gasteiger partial charge in [-0.05, 0) is 6.07 Å². The van der Waals surface area contributed by atoms with E-state index < -0.39 is 22.0 Å². The summed E-state index contributed by atoms with van der Waals surface area (Å²) in [5.74, 6) is -0.584. The van der Waals surface area contributed by atoms with Gasteiger partial charge in [-0.2, -0.15) is 5.01 Å². The smallest absolute Gasteiger partial charge is 0.282 e. The number of benzene rings is 2. The lowest BCUT2D eigenvalue weighted by molar-refractivity contribution is -0.385. The Morgan fingerprint density at radius 1 is 1.12 bits per heavy atom. The number of carbonyl (C=O) groups is 1. The van der Waals surface area contributed by atoms with Crippen LogP contribution < -0.4 is 0 Å². The van der Waals surface area contributed by atoms with Crippen LogP contribution in [-0.2, 0) is 9.53 Å². The Morgan fingerprint density at radius 3 is 2.50 bits per heavy atom. The largest absolute Gasteiger partial charge is 0.445 e. The summed E-state index contributed by atoms with van der Waals surface area (Å²) >= 11 is 0. The normalized spacial score (nSPS) is 16.0. The van der Waals surface area contributed by atoms with E-state index in [-0.39, 0.29) is 22.8 Å². The van der Waals surface area contributed by atoms with Crippen molar-refractivity contribution in [3.63, 3.8) is 0 Å². The Kier molecular flexibility index (Phi) is 4.31. The molecule has 1 atom stereocenters. The summed E-state index contributed by atoms with van der Waals surface area (Å²) in [6, 6.07) is 11.4. The number of amides is 1. The maximum absolute atomic E-state index is 11.9. The van der Waals surface area contributed by atoms with Crippen molar-refractivity contribution in [3.8, 4) is 0 Å². The maximum atomic E-state index is 11.9. The molecule has 26 heavy (non-hydrogen) atoms. The number of rotatable bonds is 4. The standard InChI is InChI=1S/C16H12N4O6/c1-10(21)18-16(11-5-4-6-12(9-11)19(22)23)26-15(17-18)13-7-2-3-8-14(13)20(24)25/h2-9,16H,1H3. The van der Waals surface area contributed by atoms with Crippen molar-refractivity contribution in [2.45, 2.75) is 13.2 Å². The molecule has 0 aromatic heterocycles. The molecule has 1 aliphatic heterocycles. The van der Waals surface area contributed by atoms with Gasteiger partial charge < -0.3 is 4.74 Å². The van der Waals surface area contributed by atoms with Gasteiger partial charge in [-0.1, -0.05) is 24.3 Å². The third-order valence-corrected chi connectivity index (χ3v) is 3.66. The molecule has 0 N–H and O–H groups in total. The minimum atomic E-state index is -1.05. The van der Waals surface area contributed by atoms with E-state index in [1.165, 1.54) is 43.3 Å². The molecule has 0 spiro atoms. The molecule has 2 aromatic carbocycles. The molecule has 1 heterocycles. The van der Waals surface area contributed by atoms with Gasteiger partial charge >= 0.3 is 0 Å². The Labute approximate surface area is 146 Å². The molecule has 1 unspecified atom stereocenters. The molecular formula is C16H12N4O6. The lowest BCUT2D eigenvalue weighted by Crippen LogP contribution is -2.25. The molecule has 0 saturated heterocycles. The van der Waals surface area contributed by atoms with Gasteiger partial charge in [0, 0.05) is 30.7 Å². The first kappa shape index (κ1) is 17.0. The number of nitro benzene ring substituents is 2. The number of hydrazone groups is 1. The van der Waals surface area contributed by atoms with Gasteiger partial charge in [0.05, 0.1) is 9.85 Å². The first-order valence-electron chi connectivity index (χ1n) is 7.41. The fourth-order valence-electron chi connectivity index (χ4n) is 2.50. The summed E-state index contributed by atoms with van der Waals surface area (Å²) in [5.41, 5.74) is 0.0339. The molecule has 132 valence electrons. The van der Waals surface area contributed by atoms with Crippen LogP contribution in [0.4, 0.5) is 11.4 Å². The third kappa shape index (κ3) is 3.07. The number of carbonyl (C=O) groups excluding carboxylic acids is 1. The quantitative estimate of drug-likeness (QED) is 0.612. The predicted octanol–water partition coefficient (Wildman–Crippen LogP) is 2.74. The Morgan fingerprint density at radius 2 is 1.85 bits per heavy atom. The molecule has 0 bridgehead atoms. The maximum Gasteiger partial charge on any atom is 0.282 e. The summed E-state index contributed by atoms with van der Waals surface area (Å²) in [6.45, 7) is 1.25.